The Morgan fingerprint density at radius 3 is 2.80 bits per heavy atom. The molecular formula is C13H12BrClN4O. The summed E-state index contributed by atoms with van der Waals surface area (Å²) in [7, 11) is 0. The van der Waals surface area contributed by atoms with Crippen molar-refractivity contribution in [2.75, 3.05) is 10.7 Å². The van der Waals surface area contributed by atoms with E-state index in [-0.39, 0.29) is 10.7 Å². The van der Waals surface area contributed by atoms with Crippen LogP contribution in [-0.4, -0.2) is 10.9 Å². The number of halogens is 2. The molecule has 1 heterocycles. The lowest BCUT2D eigenvalue weighted by atomic mass is 10.2. The number of nitrogens with zero attached hydrogens (tertiary/aromatic N) is 1. The van der Waals surface area contributed by atoms with E-state index in [0.29, 0.717) is 11.5 Å². The van der Waals surface area contributed by atoms with Crippen molar-refractivity contribution in [2.24, 2.45) is 5.84 Å². The van der Waals surface area contributed by atoms with Crippen molar-refractivity contribution in [1.82, 2.24) is 4.98 Å². The Morgan fingerprint density at radius 1 is 1.35 bits per heavy atom. The minimum Gasteiger partial charge on any atom is -0.320 e. The van der Waals surface area contributed by atoms with Crippen LogP contribution in [0.2, 0.25) is 5.02 Å². The molecule has 4 N–H and O–H groups in total. The van der Waals surface area contributed by atoms with E-state index in [1.54, 1.807) is 18.2 Å². The predicted octanol–water partition coefficient (Wildman–Crippen LogP) is 3.34. The van der Waals surface area contributed by atoms with Crippen LogP contribution in [0.1, 0.15) is 16.1 Å². The second-order valence-corrected chi connectivity index (χ2v) is 5.30. The number of nitrogens with two attached hydrogens (primary N) is 1. The summed E-state index contributed by atoms with van der Waals surface area (Å²) in [6.07, 6.45) is 0. The molecule has 0 saturated heterocycles. The molecule has 0 aliphatic carbocycles. The molecule has 1 aromatic heterocycles. The predicted molar refractivity (Wildman–Crippen MR) is 83.9 cm³/mol. The summed E-state index contributed by atoms with van der Waals surface area (Å²) in [5.74, 6) is 5.24. The molecule has 5 nitrogen and oxygen atoms in total. The van der Waals surface area contributed by atoms with E-state index in [1.165, 1.54) is 0 Å². The Hall–Kier alpha value is -1.63. The maximum atomic E-state index is 12.2. The van der Waals surface area contributed by atoms with E-state index in [1.807, 2.05) is 19.1 Å². The molecule has 0 bridgehead atoms. The van der Waals surface area contributed by atoms with Crippen molar-refractivity contribution in [1.29, 1.82) is 0 Å². The normalized spacial score (nSPS) is 10.2. The number of anilines is 2. The van der Waals surface area contributed by atoms with Crippen LogP contribution >= 0.6 is 27.5 Å². The molecule has 0 aliphatic heterocycles. The number of hydrogen-bond acceptors (Lipinski definition) is 4. The summed E-state index contributed by atoms with van der Waals surface area (Å²) in [5.41, 5.74) is 4.10. The lowest BCUT2D eigenvalue weighted by molar-refractivity contribution is 0.102. The monoisotopic (exact) mass is 354 g/mol. The van der Waals surface area contributed by atoms with Crippen LogP contribution in [0.5, 0.6) is 0 Å². The standard InChI is InChI=1S/C13H12BrClN4O/c1-7-8(14)3-2-4-10(7)17-13(20)12-9(15)5-6-11(18-12)19-16/h2-6H,16H2,1H3,(H,17,20)(H,18,19). The Morgan fingerprint density at radius 2 is 2.10 bits per heavy atom. The summed E-state index contributed by atoms with van der Waals surface area (Å²) in [5, 5.41) is 3.03. The van der Waals surface area contributed by atoms with Gasteiger partial charge < -0.3 is 10.7 Å². The van der Waals surface area contributed by atoms with Crippen LogP contribution in [0.25, 0.3) is 0 Å². The summed E-state index contributed by atoms with van der Waals surface area (Å²) >= 11 is 9.39. The number of amides is 1. The highest BCUT2D eigenvalue weighted by Gasteiger charge is 2.14. The minimum absolute atomic E-state index is 0.112. The van der Waals surface area contributed by atoms with Crippen molar-refractivity contribution in [2.45, 2.75) is 6.92 Å². The number of hydrazine groups is 1. The van der Waals surface area contributed by atoms with Crippen molar-refractivity contribution in [3.63, 3.8) is 0 Å². The van der Waals surface area contributed by atoms with Crippen LogP contribution in [0.4, 0.5) is 11.5 Å². The average Bonchev–Trinajstić information content (AvgIpc) is 2.44. The fourth-order valence-corrected chi connectivity index (χ4v) is 2.16. The second-order valence-electron chi connectivity index (χ2n) is 4.04. The zero-order valence-corrected chi connectivity index (χ0v) is 12.9. The van der Waals surface area contributed by atoms with E-state index in [2.05, 4.69) is 31.7 Å². The third-order valence-corrected chi connectivity index (χ3v) is 3.89. The van der Waals surface area contributed by atoms with E-state index in [4.69, 9.17) is 17.4 Å². The third kappa shape index (κ3) is 3.09. The van der Waals surface area contributed by atoms with Gasteiger partial charge in [0.2, 0.25) is 0 Å². The number of pyridine rings is 1. The SMILES string of the molecule is Cc1c(Br)cccc1NC(=O)c1nc(NN)ccc1Cl. The van der Waals surface area contributed by atoms with Gasteiger partial charge in [0.05, 0.1) is 5.02 Å². The Labute approximate surface area is 129 Å². The van der Waals surface area contributed by atoms with Gasteiger partial charge in [-0.2, -0.15) is 0 Å². The Kier molecular flexibility index (Phi) is 4.59. The number of aromatic nitrogens is 1. The molecule has 0 fully saturated rings. The summed E-state index contributed by atoms with van der Waals surface area (Å²) in [4.78, 5) is 16.3. The number of rotatable bonds is 3. The molecule has 2 rings (SSSR count). The number of benzene rings is 1. The van der Waals surface area contributed by atoms with Crippen molar-refractivity contribution >= 4 is 44.9 Å². The highest BCUT2D eigenvalue weighted by Crippen LogP contribution is 2.25. The molecule has 2 aromatic rings. The molecule has 1 amide bonds. The van der Waals surface area contributed by atoms with Crippen LogP contribution in [-0.2, 0) is 0 Å². The van der Waals surface area contributed by atoms with Gasteiger partial charge in [0.25, 0.3) is 5.91 Å². The molecule has 0 aliphatic rings. The van der Waals surface area contributed by atoms with E-state index < -0.39 is 5.91 Å². The Bertz CT molecular complexity index is 663. The van der Waals surface area contributed by atoms with Gasteiger partial charge in [-0.05, 0) is 36.8 Å². The van der Waals surface area contributed by atoms with Crippen molar-refractivity contribution in [3.05, 3.63) is 51.1 Å². The molecule has 7 heteroatoms. The number of carbonyl (C=O) groups is 1. The van der Waals surface area contributed by atoms with Gasteiger partial charge >= 0.3 is 0 Å². The first-order chi connectivity index (χ1) is 9.52. The average molecular weight is 356 g/mol. The van der Waals surface area contributed by atoms with Gasteiger partial charge in [0.1, 0.15) is 11.5 Å². The molecular weight excluding hydrogens is 344 g/mol. The molecule has 1 aromatic carbocycles. The summed E-state index contributed by atoms with van der Waals surface area (Å²) < 4.78 is 0.909. The number of nitrogen functional groups attached to an aromatic ring is 1. The van der Waals surface area contributed by atoms with E-state index >= 15 is 0 Å². The molecule has 20 heavy (non-hydrogen) atoms. The van der Waals surface area contributed by atoms with Crippen molar-refractivity contribution < 1.29 is 4.79 Å². The third-order valence-electron chi connectivity index (χ3n) is 2.72. The lowest BCUT2D eigenvalue weighted by Gasteiger charge is -2.10. The van der Waals surface area contributed by atoms with Gasteiger partial charge in [-0.15, -0.1) is 0 Å². The highest BCUT2D eigenvalue weighted by atomic mass is 79.9. The molecule has 0 atom stereocenters. The number of hydrogen-bond donors (Lipinski definition) is 3. The molecule has 104 valence electrons. The smallest absolute Gasteiger partial charge is 0.275 e. The first-order valence-corrected chi connectivity index (χ1v) is 6.89. The van der Waals surface area contributed by atoms with Gasteiger partial charge in [0.15, 0.2) is 0 Å². The zero-order chi connectivity index (χ0) is 14.7. The van der Waals surface area contributed by atoms with Crippen LogP contribution in [0.15, 0.2) is 34.8 Å². The molecule has 0 spiro atoms. The first kappa shape index (κ1) is 14.8. The minimum atomic E-state index is -0.395. The zero-order valence-electron chi connectivity index (χ0n) is 10.6. The van der Waals surface area contributed by atoms with E-state index in [0.717, 1.165) is 10.0 Å². The number of carbonyl (C=O) groups excluding carboxylic acids is 1. The number of nitrogens with one attached hydrogen (secondary N) is 2. The Balaban J connectivity index is 2.30. The van der Waals surface area contributed by atoms with Gasteiger partial charge in [-0.3, -0.25) is 4.79 Å². The molecule has 0 radical (unpaired) electrons. The summed E-state index contributed by atoms with van der Waals surface area (Å²) in [6, 6.07) is 8.68. The van der Waals surface area contributed by atoms with Crippen LogP contribution in [0.3, 0.4) is 0 Å². The van der Waals surface area contributed by atoms with Crippen LogP contribution < -0.4 is 16.6 Å². The molecule has 0 unspecified atom stereocenters. The highest BCUT2D eigenvalue weighted by molar-refractivity contribution is 9.10. The van der Waals surface area contributed by atoms with Gasteiger partial charge in [-0.25, -0.2) is 10.8 Å². The fourth-order valence-electron chi connectivity index (χ4n) is 1.61. The second kappa shape index (κ2) is 6.21. The fraction of sp³-hybridized carbons (Fsp3) is 0.0769. The summed E-state index contributed by atoms with van der Waals surface area (Å²) in [6.45, 7) is 1.90. The topological polar surface area (TPSA) is 80.0 Å². The lowest BCUT2D eigenvalue weighted by Crippen LogP contribution is -2.17. The maximum Gasteiger partial charge on any atom is 0.275 e. The van der Waals surface area contributed by atoms with Crippen molar-refractivity contribution in [3.8, 4) is 0 Å². The largest absolute Gasteiger partial charge is 0.320 e. The van der Waals surface area contributed by atoms with Gasteiger partial charge in [0, 0.05) is 10.2 Å². The molecule has 0 saturated carbocycles. The van der Waals surface area contributed by atoms with E-state index in [9.17, 15) is 4.79 Å². The van der Waals surface area contributed by atoms with Gasteiger partial charge in [-0.1, -0.05) is 33.6 Å². The first-order valence-electron chi connectivity index (χ1n) is 5.72. The quantitative estimate of drug-likeness (QED) is 0.583. The maximum absolute atomic E-state index is 12.2. The van der Waals surface area contributed by atoms with Crippen LogP contribution in [0, 0.1) is 6.92 Å².